The largest absolute Gasteiger partial charge is 0.497 e. The molecular formula is C31H26Cl2N2O. The quantitative estimate of drug-likeness (QED) is 0.204. The number of fused-ring (bicyclic) bond motifs is 1. The normalized spacial score (nSPS) is 13.4. The summed E-state index contributed by atoms with van der Waals surface area (Å²) < 4.78 is 7.87. The van der Waals surface area contributed by atoms with Gasteiger partial charge in [-0.2, -0.15) is 0 Å². The summed E-state index contributed by atoms with van der Waals surface area (Å²) in [4.78, 5) is 5.08. The Hall–Kier alpha value is -3.27. The average Bonchev–Trinajstić information content (AvgIpc) is 3.69. The van der Waals surface area contributed by atoms with Gasteiger partial charge in [0, 0.05) is 28.4 Å². The Morgan fingerprint density at radius 3 is 2.08 bits per heavy atom. The van der Waals surface area contributed by atoms with Gasteiger partial charge in [-0.25, -0.2) is 4.98 Å². The number of methoxy groups -OCH3 is 1. The predicted octanol–water partition coefficient (Wildman–Crippen LogP) is 8.46. The van der Waals surface area contributed by atoms with Gasteiger partial charge in [-0.3, -0.25) is 0 Å². The number of ether oxygens (including phenoxy) is 1. The van der Waals surface area contributed by atoms with E-state index in [9.17, 15) is 0 Å². The molecule has 5 aromatic rings. The first kappa shape index (κ1) is 23.1. The molecular weight excluding hydrogens is 487 g/mol. The van der Waals surface area contributed by atoms with Crippen molar-refractivity contribution in [3.05, 3.63) is 129 Å². The van der Waals surface area contributed by atoms with Crippen LogP contribution < -0.4 is 4.74 Å². The standard InChI is InChI=1S/C31H26Cl2N2O/c1-36-27-4-2-3-20(17-27)19-35-29-18-24(11-16-28(29)34-31(35)23-5-6-23)30(21-7-12-25(32)13-8-21)22-9-14-26(33)15-10-22/h2-4,7-18,23,30H,5-6,19H2,1H3. The lowest BCUT2D eigenvalue weighted by Crippen LogP contribution is -2.06. The van der Waals surface area contributed by atoms with Crippen molar-refractivity contribution in [1.82, 2.24) is 9.55 Å². The van der Waals surface area contributed by atoms with Gasteiger partial charge in [-0.1, -0.05) is 65.7 Å². The molecule has 0 radical (unpaired) electrons. The molecule has 0 atom stereocenters. The molecule has 0 N–H and O–H groups in total. The van der Waals surface area contributed by atoms with Crippen LogP contribution in [0.15, 0.2) is 91.0 Å². The van der Waals surface area contributed by atoms with Crippen LogP contribution in [0.3, 0.4) is 0 Å². The van der Waals surface area contributed by atoms with Crippen molar-refractivity contribution >= 4 is 34.2 Å². The first-order valence-corrected chi connectivity index (χ1v) is 13.0. The Morgan fingerprint density at radius 2 is 1.47 bits per heavy atom. The van der Waals surface area contributed by atoms with Gasteiger partial charge in [0.1, 0.15) is 11.6 Å². The molecule has 0 spiro atoms. The van der Waals surface area contributed by atoms with E-state index in [2.05, 4.69) is 59.2 Å². The molecule has 0 aliphatic heterocycles. The van der Waals surface area contributed by atoms with Gasteiger partial charge < -0.3 is 9.30 Å². The molecule has 180 valence electrons. The third-order valence-corrected chi connectivity index (χ3v) is 7.46. The molecule has 6 rings (SSSR count). The van der Waals surface area contributed by atoms with Gasteiger partial charge in [0.2, 0.25) is 0 Å². The second kappa shape index (κ2) is 9.65. The van der Waals surface area contributed by atoms with Crippen molar-refractivity contribution in [2.24, 2.45) is 0 Å². The van der Waals surface area contributed by atoms with Gasteiger partial charge in [0.05, 0.1) is 18.1 Å². The number of imidazole rings is 1. The third-order valence-electron chi connectivity index (χ3n) is 6.96. The minimum absolute atomic E-state index is 0.0495. The Bertz CT molecular complexity index is 1470. The van der Waals surface area contributed by atoms with Gasteiger partial charge in [0.15, 0.2) is 0 Å². The Labute approximate surface area is 221 Å². The summed E-state index contributed by atoms with van der Waals surface area (Å²) in [6, 6.07) is 31.2. The van der Waals surface area contributed by atoms with E-state index in [-0.39, 0.29) is 5.92 Å². The SMILES string of the molecule is COc1cccc(Cn2c(C3CC3)nc3ccc(C(c4ccc(Cl)cc4)c4ccc(Cl)cc4)cc32)c1. The minimum Gasteiger partial charge on any atom is -0.497 e. The third kappa shape index (κ3) is 4.61. The first-order chi connectivity index (χ1) is 17.6. The highest BCUT2D eigenvalue weighted by molar-refractivity contribution is 6.30. The summed E-state index contributed by atoms with van der Waals surface area (Å²) in [5.74, 6) is 2.64. The van der Waals surface area contributed by atoms with E-state index in [0.29, 0.717) is 5.92 Å². The second-order valence-electron chi connectivity index (χ2n) is 9.47. The highest BCUT2D eigenvalue weighted by atomic mass is 35.5. The lowest BCUT2D eigenvalue weighted by atomic mass is 9.85. The number of hydrogen-bond acceptors (Lipinski definition) is 2. The smallest absolute Gasteiger partial charge is 0.119 e. The molecule has 1 saturated carbocycles. The summed E-state index contributed by atoms with van der Waals surface area (Å²) >= 11 is 12.5. The summed E-state index contributed by atoms with van der Waals surface area (Å²) in [7, 11) is 1.71. The molecule has 1 heterocycles. The molecule has 1 fully saturated rings. The molecule has 0 saturated heterocycles. The molecule has 4 aromatic carbocycles. The second-order valence-corrected chi connectivity index (χ2v) is 10.3. The van der Waals surface area contributed by atoms with Gasteiger partial charge in [-0.15, -0.1) is 0 Å². The average molecular weight is 513 g/mol. The summed E-state index contributed by atoms with van der Waals surface area (Å²) in [5, 5.41) is 1.46. The summed E-state index contributed by atoms with van der Waals surface area (Å²) in [6.45, 7) is 0.759. The van der Waals surface area contributed by atoms with E-state index in [0.717, 1.165) is 33.4 Å². The fourth-order valence-corrected chi connectivity index (χ4v) is 5.25. The van der Waals surface area contributed by atoms with Crippen LogP contribution in [0.5, 0.6) is 5.75 Å². The molecule has 1 aliphatic rings. The van der Waals surface area contributed by atoms with Crippen LogP contribution in [0.25, 0.3) is 11.0 Å². The first-order valence-electron chi connectivity index (χ1n) is 12.2. The Kier molecular flexibility index (Phi) is 6.20. The van der Waals surface area contributed by atoms with Crippen LogP contribution in [0.2, 0.25) is 10.0 Å². The molecule has 1 aromatic heterocycles. The van der Waals surface area contributed by atoms with Crippen molar-refractivity contribution in [3.63, 3.8) is 0 Å². The topological polar surface area (TPSA) is 27.1 Å². The van der Waals surface area contributed by atoms with Gasteiger partial charge in [-0.05, 0) is 83.6 Å². The van der Waals surface area contributed by atoms with Crippen molar-refractivity contribution in [2.45, 2.75) is 31.2 Å². The fraction of sp³-hybridized carbons (Fsp3) is 0.194. The number of nitrogens with zero attached hydrogens (tertiary/aromatic N) is 2. The number of hydrogen-bond donors (Lipinski definition) is 0. The van der Waals surface area contributed by atoms with Crippen LogP contribution in [0.1, 0.15) is 52.8 Å². The zero-order chi connectivity index (χ0) is 24.6. The van der Waals surface area contributed by atoms with Crippen molar-refractivity contribution in [2.75, 3.05) is 7.11 Å². The highest BCUT2D eigenvalue weighted by Gasteiger charge is 2.30. The van der Waals surface area contributed by atoms with E-state index < -0.39 is 0 Å². The van der Waals surface area contributed by atoms with Gasteiger partial charge in [0.25, 0.3) is 0 Å². The number of rotatable bonds is 7. The van der Waals surface area contributed by atoms with E-state index in [1.54, 1.807) is 7.11 Å². The maximum atomic E-state index is 6.23. The lowest BCUT2D eigenvalue weighted by molar-refractivity contribution is 0.414. The van der Waals surface area contributed by atoms with Crippen molar-refractivity contribution < 1.29 is 4.74 Å². The maximum absolute atomic E-state index is 6.23. The number of benzene rings is 4. The molecule has 0 amide bonds. The van der Waals surface area contributed by atoms with E-state index >= 15 is 0 Å². The fourth-order valence-electron chi connectivity index (χ4n) is 5.00. The van der Waals surface area contributed by atoms with Crippen LogP contribution in [-0.4, -0.2) is 16.7 Å². The molecule has 36 heavy (non-hydrogen) atoms. The molecule has 5 heteroatoms. The predicted molar refractivity (Wildman–Crippen MR) is 148 cm³/mol. The highest BCUT2D eigenvalue weighted by Crippen LogP contribution is 2.42. The zero-order valence-corrected chi connectivity index (χ0v) is 21.5. The summed E-state index contributed by atoms with van der Waals surface area (Å²) in [5.41, 5.74) is 6.97. The summed E-state index contributed by atoms with van der Waals surface area (Å²) in [6.07, 6.45) is 2.40. The molecule has 0 unspecified atom stereocenters. The Morgan fingerprint density at radius 1 is 0.833 bits per heavy atom. The lowest BCUT2D eigenvalue weighted by Gasteiger charge is -2.20. The molecule has 3 nitrogen and oxygen atoms in total. The maximum Gasteiger partial charge on any atom is 0.119 e. The van der Waals surface area contributed by atoms with E-state index in [1.807, 2.05) is 36.4 Å². The van der Waals surface area contributed by atoms with Crippen LogP contribution in [0.4, 0.5) is 0 Å². The van der Waals surface area contributed by atoms with Crippen molar-refractivity contribution in [3.8, 4) is 5.75 Å². The number of halogens is 2. The Balaban J connectivity index is 1.49. The minimum atomic E-state index is 0.0495. The zero-order valence-electron chi connectivity index (χ0n) is 20.0. The van der Waals surface area contributed by atoms with Crippen LogP contribution in [-0.2, 0) is 6.54 Å². The van der Waals surface area contributed by atoms with Crippen LogP contribution >= 0.6 is 23.2 Å². The van der Waals surface area contributed by atoms with Crippen molar-refractivity contribution in [1.29, 1.82) is 0 Å². The molecule has 1 aliphatic carbocycles. The molecule has 0 bridgehead atoms. The van der Waals surface area contributed by atoms with E-state index in [4.69, 9.17) is 32.9 Å². The van der Waals surface area contributed by atoms with Gasteiger partial charge >= 0.3 is 0 Å². The van der Waals surface area contributed by atoms with Crippen LogP contribution in [0, 0.1) is 0 Å². The number of aromatic nitrogens is 2. The monoisotopic (exact) mass is 512 g/mol. The van der Waals surface area contributed by atoms with E-state index in [1.165, 1.54) is 40.9 Å².